The van der Waals surface area contributed by atoms with Gasteiger partial charge in [0.1, 0.15) is 0 Å². The van der Waals surface area contributed by atoms with Gasteiger partial charge in [-0.2, -0.15) is 0 Å². The molecule has 0 saturated carbocycles. The zero-order valence-electron chi connectivity index (χ0n) is 9.85. The van der Waals surface area contributed by atoms with E-state index in [0.717, 1.165) is 19.0 Å². The second-order valence-corrected chi connectivity index (χ2v) is 4.45. The molecule has 0 atom stereocenters. The van der Waals surface area contributed by atoms with E-state index in [9.17, 15) is 0 Å². The van der Waals surface area contributed by atoms with E-state index in [1.807, 2.05) is 0 Å². The Balaban J connectivity index is 3.72. The molecule has 1 heteroatoms. The predicted octanol–water partition coefficient (Wildman–Crippen LogP) is 3.22. The monoisotopic (exact) mass is 183 g/mol. The lowest BCUT2D eigenvalue weighted by Crippen LogP contribution is -2.22. The molecule has 1 N–H and O–H groups in total. The summed E-state index contributed by atoms with van der Waals surface area (Å²) < 4.78 is 0. The molecule has 0 aliphatic rings. The van der Waals surface area contributed by atoms with Crippen LogP contribution in [0.5, 0.6) is 0 Å². The average Bonchev–Trinajstić information content (AvgIpc) is 2.01. The minimum atomic E-state index is 0.677. The van der Waals surface area contributed by atoms with Crippen molar-refractivity contribution in [3.05, 3.63) is 11.6 Å². The summed E-state index contributed by atoms with van der Waals surface area (Å²) in [5.74, 6) is 1.42. The lowest BCUT2D eigenvalue weighted by Gasteiger charge is -2.10. The van der Waals surface area contributed by atoms with Crippen LogP contribution in [0.3, 0.4) is 0 Å². The van der Waals surface area contributed by atoms with Crippen LogP contribution in [-0.4, -0.2) is 13.1 Å². The number of hydrogen-bond donors (Lipinski definition) is 1. The summed E-state index contributed by atoms with van der Waals surface area (Å²) in [5, 5.41) is 3.47. The third-order valence-corrected chi connectivity index (χ3v) is 1.93. The molecule has 0 saturated heterocycles. The minimum absolute atomic E-state index is 0.677. The Hall–Kier alpha value is -0.300. The van der Waals surface area contributed by atoms with Crippen LogP contribution in [0.15, 0.2) is 11.6 Å². The maximum Gasteiger partial charge on any atom is 0.0164 e. The summed E-state index contributed by atoms with van der Waals surface area (Å²) in [4.78, 5) is 0. The molecule has 0 spiro atoms. The van der Waals surface area contributed by atoms with Gasteiger partial charge in [-0.15, -0.1) is 0 Å². The largest absolute Gasteiger partial charge is 0.313 e. The van der Waals surface area contributed by atoms with Crippen LogP contribution >= 0.6 is 0 Å². The van der Waals surface area contributed by atoms with E-state index in [-0.39, 0.29) is 0 Å². The van der Waals surface area contributed by atoms with E-state index >= 15 is 0 Å². The first kappa shape index (κ1) is 12.7. The van der Waals surface area contributed by atoms with Gasteiger partial charge in [0.2, 0.25) is 0 Å². The lowest BCUT2D eigenvalue weighted by atomic mass is 10.1. The van der Waals surface area contributed by atoms with Crippen LogP contribution in [0, 0.1) is 11.8 Å². The highest BCUT2D eigenvalue weighted by Crippen LogP contribution is 2.05. The fourth-order valence-electron chi connectivity index (χ4n) is 1.29. The lowest BCUT2D eigenvalue weighted by molar-refractivity contribution is 0.567. The van der Waals surface area contributed by atoms with E-state index in [2.05, 4.69) is 46.0 Å². The highest BCUT2D eigenvalue weighted by molar-refractivity contribution is 5.04. The molecule has 0 fully saturated rings. The maximum atomic E-state index is 3.47. The summed E-state index contributed by atoms with van der Waals surface area (Å²) in [6.45, 7) is 13.4. The van der Waals surface area contributed by atoms with Gasteiger partial charge in [0, 0.05) is 6.54 Å². The standard InChI is InChI=1S/C12H25N/c1-6-12(7-10(2)3)9-13-8-11(4)5/h7,10-11,13H,6,8-9H2,1-5H3. The van der Waals surface area contributed by atoms with Crippen molar-refractivity contribution < 1.29 is 0 Å². The van der Waals surface area contributed by atoms with E-state index in [1.54, 1.807) is 0 Å². The molecular formula is C12H25N. The van der Waals surface area contributed by atoms with Gasteiger partial charge in [0.05, 0.1) is 0 Å². The van der Waals surface area contributed by atoms with Crippen molar-refractivity contribution in [1.29, 1.82) is 0 Å². The Kier molecular flexibility index (Phi) is 6.97. The zero-order valence-corrected chi connectivity index (χ0v) is 9.85. The van der Waals surface area contributed by atoms with Gasteiger partial charge in [-0.3, -0.25) is 0 Å². The summed E-state index contributed by atoms with van der Waals surface area (Å²) in [6.07, 6.45) is 3.54. The molecule has 78 valence electrons. The molecule has 0 aromatic heterocycles. The van der Waals surface area contributed by atoms with E-state index in [0.29, 0.717) is 5.92 Å². The number of nitrogens with one attached hydrogen (secondary N) is 1. The predicted molar refractivity (Wildman–Crippen MR) is 60.9 cm³/mol. The highest BCUT2D eigenvalue weighted by Gasteiger charge is 1.97. The first-order valence-electron chi connectivity index (χ1n) is 5.46. The number of rotatable bonds is 6. The van der Waals surface area contributed by atoms with Gasteiger partial charge in [-0.1, -0.05) is 46.3 Å². The Morgan fingerprint density at radius 1 is 1.23 bits per heavy atom. The van der Waals surface area contributed by atoms with Gasteiger partial charge < -0.3 is 5.32 Å². The van der Waals surface area contributed by atoms with Gasteiger partial charge in [0.25, 0.3) is 0 Å². The second-order valence-electron chi connectivity index (χ2n) is 4.45. The summed E-state index contributed by atoms with van der Waals surface area (Å²) in [6, 6.07) is 0. The molecule has 0 bridgehead atoms. The van der Waals surface area contributed by atoms with Crippen molar-refractivity contribution in [1.82, 2.24) is 5.32 Å². The topological polar surface area (TPSA) is 12.0 Å². The molecule has 0 aliphatic carbocycles. The molecule has 0 aromatic carbocycles. The smallest absolute Gasteiger partial charge is 0.0164 e. The average molecular weight is 183 g/mol. The molecule has 1 nitrogen and oxygen atoms in total. The second kappa shape index (κ2) is 7.14. The van der Waals surface area contributed by atoms with Crippen molar-refractivity contribution in [3.63, 3.8) is 0 Å². The molecule has 0 radical (unpaired) electrons. The van der Waals surface area contributed by atoms with Crippen molar-refractivity contribution in [2.45, 2.75) is 41.0 Å². The number of hydrogen-bond acceptors (Lipinski definition) is 1. The summed E-state index contributed by atoms with van der Waals surface area (Å²) in [5.41, 5.74) is 1.54. The number of allylic oxidation sites excluding steroid dienone is 1. The highest BCUT2D eigenvalue weighted by atomic mass is 14.9. The van der Waals surface area contributed by atoms with Crippen LogP contribution < -0.4 is 5.32 Å². The minimum Gasteiger partial charge on any atom is -0.313 e. The van der Waals surface area contributed by atoms with Crippen molar-refractivity contribution in [2.75, 3.05) is 13.1 Å². The van der Waals surface area contributed by atoms with Gasteiger partial charge in [-0.05, 0) is 24.8 Å². The Morgan fingerprint density at radius 2 is 1.85 bits per heavy atom. The normalized spacial score (nSPS) is 13.0. The molecule has 0 unspecified atom stereocenters. The third-order valence-electron chi connectivity index (χ3n) is 1.93. The quantitative estimate of drug-likeness (QED) is 0.623. The van der Waals surface area contributed by atoms with Crippen LogP contribution in [0.2, 0.25) is 0 Å². The first-order chi connectivity index (χ1) is 6.06. The van der Waals surface area contributed by atoms with Gasteiger partial charge in [0.15, 0.2) is 0 Å². The van der Waals surface area contributed by atoms with E-state index in [4.69, 9.17) is 0 Å². The summed E-state index contributed by atoms with van der Waals surface area (Å²) in [7, 11) is 0. The molecule has 0 rings (SSSR count). The Labute approximate surface area is 83.6 Å². The van der Waals surface area contributed by atoms with E-state index in [1.165, 1.54) is 12.0 Å². The Bertz CT molecular complexity index is 145. The van der Waals surface area contributed by atoms with Crippen LogP contribution in [0.1, 0.15) is 41.0 Å². The molecule has 0 aliphatic heterocycles. The molecule has 0 amide bonds. The fraction of sp³-hybridized carbons (Fsp3) is 0.833. The van der Waals surface area contributed by atoms with Crippen molar-refractivity contribution in [2.24, 2.45) is 11.8 Å². The zero-order chi connectivity index (χ0) is 10.3. The van der Waals surface area contributed by atoms with Crippen molar-refractivity contribution >= 4 is 0 Å². The van der Waals surface area contributed by atoms with Crippen LogP contribution in [0.25, 0.3) is 0 Å². The summed E-state index contributed by atoms with van der Waals surface area (Å²) >= 11 is 0. The SMILES string of the molecule is CCC(=CC(C)C)CNCC(C)C. The van der Waals surface area contributed by atoms with Crippen molar-refractivity contribution in [3.8, 4) is 0 Å². The van der Waals surface area contributed by atoms with Crippen LogP contribution in [-0.2, 0) is 0 Å². The molecule has 0 heterocycles. The maximum absolute atomic E-state index is 3.47. The molecule has 13 heavy (non-hydrogen) atoms. The van der Waals surface area contributed by atoms with Gasteiger partial charge in [-0.25, -0.2) is 0 Å². The molecule has 0 aromatic rings. The molecular weight excluding hydrogens is 158 g/mol. The Morgan fingerprint density at radius 3 is 2.23 bits per heavy atom. The van der Waals surface area contributed by atoms with Gasteiger partial charge >= 0.3 is 0 Å². The van der Waals surface area contributed by atoms with E-state index < -0.39 is 0 Å². The fourth-order valence-corrected chi connectivity index (χ4v) is 1.29. The third kappa shape index (κ3) is 8.04. The van der Waals surface area contributed by atoms with Crippen LogP contribution in [0.4, 0.5) is 0 Å². The first-order valence-corrected chi connectivity index (χ1v) is 5.46.